The van der Waals surface area contributed by atoms with Crippen LogP contribution in [0.4, 0.5) is 8.78 Å². The first-order valence-corrected chi connectivity index (χ1v) is 6.45. The first-order valence-electron chi connectivity index (χ1n) is 6.45. The van der Waals surface area contributed by atoms with Crippen molar-refractivity contribution in [3.63, 3.8) is 0 Å². The Morgan fingerprint density at radius 1 is 1.05 bits per heavy atom. The van der Waals surface area contributed by atoms with Gasteiger partial charge in [0.25, 0.3) is 0 Å². The largest absolute Gasteiger partial charge is 0.292 e. The Morgan fingerprint density at radius 2 is 1.77 bits per heavy atom. The van der Waals surface area contributed by atoms with Crippen LogP contribution < -0.4 is 0 Å². The number of hydrogen-bond acceptors (Lipinski definition) is 4. The molecule has 0 bridgehead atoms. The van der Waals surface area contributed by atoms with Gasteiger partial charge in [0.2, 0.25) is 5.82 Å². The minimum Gasteiger partial charge on any atom is -0.292 e. The van der Waals surface area contributed by atoms with E-state index in [1.54, 1.807) is 6.07 Å². The lowest BCUT2D eigenvalue weighted by Crippen LogP contribution is -2.14. The molecule has 110 valence electrons. The molecule has 0 saturated heterocycles. The fraction of sp³-hybridized carbons (Fsp3) is 0.0667. The summed E-state index contributed by atoms with van der Waals surface area (Å²) in [5, 5.41) is 11.6. The molecular weight excluding hydrogens is 290 g/mol. The number of nitrogens with zero attached hydrogens (tertiary/aromatic N) is 4. The summed E-state index contributed by atoms with van der Waals surface area (Å²) in [6, 6.07) is 11.3. The molecule has 3 aromatic rings. The Kier molecular flexibility index (Phi) is 3.69. The van der Waals surface area contributed by atoms with Gasteiger partial charge in [-0.1, -0.05) is 12.1 Å². The molecule has 0 saturated carbocycles. The number of carbonyl (C=O) groups is 1. The van der Waals surface area contributed by atoms with Crippen LogP contribution in [0.3, 0.4) is 0 Å². The van der Waals surface area contributed by atoms with Gasteiger partial charge in [-0.2, -0.15) is 4.80 Å². The normalized spacial score (nSPS) is 10.6. The van der Waals surface area contributed by atoms with Crippen LogP contribution >= 0.6 is 0 Å². The van der Waals surface area contributed by atoms with Gasteiger partial charge >= 0.3 is 0 Å². The van der Waals surface area contributed by atoms with E-state index in [4.69, 9.17) is 0 Å². The highest BCUT2D eigenvalue weighted by Gasteiger charge is 2.14. The first kappa shape index (κ1) is 14.0. The number of rotatable bonds is 4. The van der Waals surface area contributed by atoms with Crippen LogP contribution in [-0.4, -0.2) is 26.0 Å². The summed E-state index contributed by atoms with van der Waals surface area (Å²) in [5.41, 5.74) is 0.550. The Hall–Kier alpha value is -2.96. The highest BCUT2D eigenvalue weighted by Crippen LogP contribution is 2.14. The summed E-state index contributed by atoms with van der Waals surface area (Å²) in [6.07, 6.45) is 0. The lowest BCUT2D eigenvalue weighted by molar-refractivity contribution is 0.0957. The average Bonchev–Trinajstić information content (AvgIpc) is 2.97. The molecule has 0 aliphatic heterocycles. The molecule has 0 atom stereocenters. The van der Waals surface area contributed by atoms with Gasteiger partial charge < -0.3 is 0 Å². The van der Waals surface area contributed by atoms with Crippen molar-refractivity contribution in [3.8, 4) is 11.4 Å². The Morgan fingerprint density at radius 3 is 2.50 bits per heavy atom. The van der Waals surface area contributed by atoms with Crippen molar-refractivity contribution in [3.05, 3.63) is 65.7 Å². The van der Waals surface area contributed by atoms with Crippen molar-refractivity contribution in [2.45, 2.75) is 6.54 Å². The lowest BCUT2D eigenvalue weighted by atomic mass is 10.1. The number of Topliss-reactive ketones (excluding diaryl/α,β-unsaturated/α-hetero) is 1. The van der Waals surface area contributed by atoms with E-state index in [9.17, 15) is 13.6 Å². The molecule has 0 unspecified atom stereocenters. The number of benzene rings is 2. The van der Waals surface area contributed by atoms with Crippen LogP contribution in [0.5, 0.6) is 0 Å². The van der Waals surface area contributed by atoms with E-state index in [1.165, 1.54) is 42.5 Å². The van der Waals surface area contributed by atoms with Gasteiger partial charge in [0.15, 0.2) is 5.78 Å². The van der Waals surface area contributed by atoms with Crippen LogP contribution in [-0.2, 0) is 6.54 Å². The molecule has 0 spiro atoms. The van der Waals surface area contributed by atoms with E-state index in [0.29, 0.717) is 5.56 Å². The SMILES string of the molecule is O=C(Cn1nnc(-c2ccc(F)cc2)n1)c1ccccc1F. The van der Waals surface area contributed by atoms with E-state index >= 15 is 0 Å². The molecule has 7 heteroatoms. The first-order chi connectivity index (χ1) is 10.6. The minimum absolute atomic E-state index is 0.0249. The summed E-state index contributed by atoms with van der Waals surface area (Å²) in [4.78, 5) is 13.1. The third-order valence-electron chi connectivity index (χ3n) is 3.01. The van der Waals surface area contributed by atoms with Gasteiger partial charge in [-0.3, -0.25) is 4.79 Å². The third kappa shape index (κ3) is 2.88. The monoisotopic (exact) mass is 300 g/mol. The smallest absolute Gasteiger partial charge is 0.204 e. The highest BCUT2D eigenvalue weighted by molar-refractivity contribution is 5.96. The summed E-state index contributed by atoms with van der Waals surface area (Å²) in [6.45, 7) is -0.227. The standard InChI is InChI=1S/C15H10F2N4O/c16-11-7-5-10(6-8-11)15-18-20-21(19-15)9-14(22)12-3-1-2-4-13(12)17/h1-8H,9H2. The van der Waals surface area contributed by atoms with Crippen LogP contribution in [0.25, 0.3) is 11.4 Å². The zero-order valence-electron chi connectivity index (χ0n) is 11.3. The van der Waals surface area contributed by atoms with Gasteiger partial charge in [-0.25, -0.2) is 8.78 Å². The Balaban J connectivity index is 1.78. The maximum atomic E-state index is 13.5. The molecule has 22 heavy (non-hydrogen) atoms. The number of carbonyl (C=O) groups excluding carboxylic acids is 1. The zero-order chi connectivity index (χ0) is 15.5. The van der Waals surface area contributed by atoms with E-state index in [2.05, 4.69) is 15.4 Å². The second kappa shape index (κ2) is 5.80. The van der Waals surface area contributed by atoms with Crippen molar-refractivity contribution >= 4 is 5.78 Å². The molecule has 1 aromatic heterocycles. The lowest BCUT2D eigenvalue weighted by Gasteiger charge is -2.00. The molecule has 2 aromatic carbocycles. The van der Waals surface area contributed by atoms with Crippen LogP contribution in [0.1, 0.15) is 10.4 Å². The summed E-state index contributed by atoms with van der Waals surface area (Å²) < 4.78 is 26.4. The van der Waals surface area contributed by atoms with Crippen LogP contribution in [0.2, 0.25) is 0 Å². The molecule has 5 nitrogen and oxygen atoms in total. The number of hydrogen-bond donors (Lipinski definition) is 0. The van der Waals surface area contributed by atoms with E-state index in [-0.39, 0.29) is 23.7 Å². The maximum Gasteiger partial charge on any atom is 0.204 e. The summed E-state index contributed by atoms with van der Waals surface area (Å²) in [7, 11) is 0. The molecule has 0 amide bonds. The Bertz CT molecular complexity index is 814. The fourth-order valence-electron chi connectivity index (χ4n) is 1.93. The highest BCUT2D eigenvalue weighted by atomic mass is 19.1. The second-order valence-corrected chi connectivity index (χ2v) is 4.55. The molecule has 0 aliphatic rings. The van der Waals surface area contributed by atoms with Crippen LogP contribution in [0.15, 0.2) is 48.5 Å². The van der Waals surface area contributed by atoms with Crippen molar-refractivity contribution in [2.24, 2.45) is 0 Å². The third-order valence-corrected chi connectivity index (χ3v) is 3.01. The van der Waals surface area contributed by atoms with E-state index in [1.807, 2.05) is 0 Å². The average molecular weight is 300 g/mol. The number of aromatic nitrogens is 4. The zero-order valence-corrected chi connectivity index (χ0v) is 11.3. The summed E-state index contributed by atoms with van der Waals surface area (Å²) >= 11 is 0. The molecule has 1 heterocycles. The quantitative estimate of drug-likeness (QED) is 0.695. The van der Waals surface area contributed by atoms with Gasteiger partial charge in [-0.05, 0) is 41.6 Å². The van der Waals surface area contributed by atoms with Gasteiger partial charge in [0.05, 0.1) is 5.56 Å². The van der Waals surface area contributed by atoms with Gasteiger partial charge in [0, 0.05) is 5.56 Å². The number of ketones is 1. The number of halogens is 2. The molecular formula is C15H10F2N4O. The molecule has 0 N–H and O–H groups in total. The van der Waals surface area contributed by atoms with Crippen molar-refractivity contribution in [1.29, 1.82) is 0 Å². The van der Waals surface area contributed by atoms with Crippen LogP contribution in [0, 0.1) is 11.6 Å². The molecule has 0 radical (unpaired) electrons. The predicted octanol–water partition coefficient (Wildman–Crippen LogP) is 2.50. The Labute approximate surface area is 124 Å². The fourth-order valence-corrected chi connectivity index (χ4v) is 1.93. The second-order valence-electron chi connectivity index (χ2n) is 4.55. The van der Waals surface area contributed by atoms with Gasteiger partial charge in [-0.15, -0.1) is 10.2 Å². The number of tetrazole rings is 1. The predicted molar refractivity (Wildman–Crippen MR) is 73.9 cm³/mol. The maximum absolute atomic E-state index is 13.5. The topological polar surface area (TPSA) is 60.7 Å². The van der Waals surface area contributed by atoms with Crippen molar-refractivity contribution in [1.82, 2.24) is 20.2 Å². The minimum atomic E-state index is -0.591. The van der Waals surface area contributed by atoms with Crippen molar-refractivity contribution in [2.75, 3.05) is 0 Å². The van der Waals surface area contributed by atoms with E-state index in [0.717, 1.165) is 4.80 Å². The van der Waals surface area contributed by atoms with Gasteiger partial charge in [0.1, 0.15) is 18.2 Å². The summed E-state index contributed by atoms with van der Waals surface area (Å²) in [5.74, 6) is -1.15. The molecule has 3 rings (SSSR count). The molecule has 0 aliphatic carbocycles. The van der Waals surface area contributed by atoms with Crippen molar-refractivity contribution < 1.29 is 13.6 Å². The molecule has 0 fully saturated rings. The van der Waals surface area contributed by atoms with E-state index < -0.39 is 11.6 Å².